The van der Waals surface area contributed by atoms with Crippen molar-refractivity contribution >= 4 is 11.5 Å². The van der Waals surface area contributed by atoms with E-state index in [4.69, 9.17) is 0 Å². The highest BCUT2D eigenvalue weighted by atomic mass is 16.6. The molecule has 2 heterocycles. The van der Waals surface area contributed by atoms with Crippen molar-refractivity contribution in [3.8, 4) is 0 Å². The second-order valence-corrected chi connectivity index (χ2v) is 3.24. The first kappa shape index (κ1) is 10.3. The number of hydrogen-bond donors (Lipinski definition) is 1. The first-order valence-electron chi connectivity index (χ1n) is 4.74. The van der Waals surface area contributed by atoms with Crippen LogP contribution >= 0.6 is 0 Å². The van der Waals surface area contributed by atoms with Gasteiger partial charge in [0.1, 0.15) is 12.0 Å². The molecule has 2 aromatic rings. The van der Waals surface area contributed by atoms with Gasteiger partial charge in [0.05, 0.1) is 4.92 Å². The second-order valence-electron chi connectivity index (χ2n) is 3.24. The van der Waals surface area contributed by atoms with Crippen LogP contribution in [0.1, 0.15) is 19.0 Å². The van der Waals surface area contributed by atoms with Gasteiger partial charge in [0, 0.05) is 0 Å². The van der Waals surface area contributed by atoms with E-state index in [1.165, 1.54) is 6.33 Å². The van der Waals surface area contributed by atoms with Crippen molar-refractivity contribution in [1.82, 2.24) is 19.6 Å². The molecule has 16 heavy (non-hydrogen) atoms. The highest BCUT2D eigenvalue weighted by molar-refractivity contribution is 5.39. The number of aryl methyl sites for hydroxylation is 1. The van der Waals surface area contributed by atoms with Crippen LogP contribution in [0.25, 0.3) is 5.78 Å². The number of aromatic amines is 1. The Hall–Kier alpha value is -2.25. The van der Waals surface area contributed by atoms with Gasteiger partial charge in [-0.1, -0.05) is 13.3 Å². The first-order valence-corrected chi connectivity index (χ1v) is 4.74. The lowest BCUT2D eigenvalue weighted by Gasteiger charge is -1.99. The van der Waals surface area contributed by atoms with Gasteiger partial charge in [-0.05, 0) is 6.42 Å². The van der Waals surface area contributed by atoms with Crippen LogP contribution < -0.4 is 5.56 Å². The fourth-order valence-corrected chi connectivity index (χ4v) is 1.49. The summed E-state index contributed by atoms with van der Waals surface area (Å²) in [7, 11) is 0. The van der Waals surface area contributed by atoms with Crippen molar-refractivity contribution in [2.75, 3.05) is 0 Å². The van der Waals surface area contributed by atoms with Crippen LogP contribution in [0.4, 0.5) is 5.69 Å². The Morgan fingerprint density at radius 2 is 2.38 bits per heavy atom. The zero-order valence-electron chi connectivity index (χ0n) is 8.51. The summed E-state index contributed by atoms with van der Waals surface area (Å²) in [6.07, 6.45) is 2.33. The number of rotatable bonds is 3. The van der Waals surface area contributed by atoms with Crippen LogP contribution in [0.3, 0.4) is 0 Å². The molecule has 8 nitrogen and oxygen atoms in total. The Kier molecular flexibility index (Phi) is 2.39. The molecule has 0 amide bonds. The average molecular weight is 223 g/mol. The molecule has 0 saturated carbocycles. The van der Waals surface area contributed by atoms with Crippen LogP contribution in [-0.2, 0) is 6.42 Å². The molecule has 0 atom stereocenters. The maximum atomic E-state index is 11.7. The summed E-state index contributed by atoms with van der Waals surface area (Å²) in [6, 6.07) is 0. The third-order valence-corrected chi connectivity index (χ3v) is 2.15. The molecule has 0 spiro atoms. The monoisotopic (exact) mass is 223 g/mol. The molecular formula is C8H9N5O3. The van der Waals surface area contributed by atoms with Crippen molar-refractivity contribution in [2.24, 2.45) is 0 Å². The summed E-state index contributed by atoms with van der Waals surface area (Å²) in [5, 5.41) is 13.3. The zero-order valence-corrected chi connectivity index (χ0v) is 8.51. The van der Waals surface area contributed by atoms with E-state index >= 15 is 0 Å². The number of hydrogen-bond acceptors (Lipinski definition) is 5. The van der Waals surface area contributed by atoms with Gasteiger partial charge in [-0.3, -0.25) is 20.0 Å². The molecule has 1 N–H and O–H groups in total. The maximum absolute atomic E-state index is 11.7. The lowest BCUT2D eigenvalue weighted by Crippen LogP contribution is -2.21. The predicted octanol–water partition coefficient (Wildman–Crippen LogP) is 0.278. The molecule has 2 aromatic heterocycles. The number of nitrogens with zero attached hydrogens (tertiary/aromatic N) is 4. The van der Waals surface area contributed by atoms with Gasteiger partial charge in [-0.15, -0.1) is 0 Å². The van der Waals surface area contributed by atoms with Gasteiger partial charge in [-0.25, -0.2) is 9.97 Å². The minimum atomic E-state index is -0.726. The van der Waals surface area contributed by atoms with Crippen LogP contribution in [0.5, 0.6) is 0 Å². The summed E-state index contributed by atoms with van der Waals surface area (Å²) in [5.41, 5.74) is -1.02. The largest absolute Gasteiger partial charge is 0.357 e. The highest BCUT2D eigenvalue weighted by Crippen LogP contribution is 2.12. The Morgan fingerprint density at radius 1 is 1.62 bits per heavy atom. The fourth-order valence-electron chi connectivity index (χ4n) is 1.49. The lowest BCUT2D eigenvalue weighted by molar-refractivity contribution is -0.387. The molecular weight excluding hydrogens is 214 g/mol. The van der Waals surface area contributed by atoms with Crippen LogP contribution in [-0.4, -0.2) is 24.5 Å². The van der Waals surface area contributed by atoms with E-state index in [2.05, 4.69) is 15.1 Å². The molecule has 0 aliphatic rings. The van der Waals surface area contributed by atoms with Gasteiger partial charge < -0.3 is 0 Å². The molecule has 0 saturated heterocycles. The molecule has 84 valence electrons. The summed E-state index contributed by atoms with van der Waals surface area (Å²) in [5.74, 6) is 0.152. The average Bonchev–Trinajstić information content (AvgIpc) is 2.65. The van der Waals surface area contributed by atoms with E-state index in [9.17, 15) is 14.9 Å². The lowest BCUT2D eigenvalue weighted by atomic mass is 10.2. The molecule has 0 aliphatic heterocycles. The molecule has 0 bridgehead atoms. The van der Waals surface area contributed by atoms with Gasteiger partial charge in [0.2, 0.25) is 0 Å². The standard InChI is InChI=1S/C8H9N5O3/c1-2-3-5-6(13(15)16)7(14)12-8(11-5)9-4-10-12/h4H,2-3H2,1H3,(H,9,10,11). The molecule has 0 aromatic carbocycles. The van der Waals surface area contributed by atoms with E-state index in [0.29, 0.717) is 12.8 Å². The second kappa shape index (κ2) is 3.72. The fraction of sp³-hybridized carbons (Fsp3) is 0.375. The number of nitro groups is 1. The Labute approximate surface area is 89.1 Å². The minimum Gasteiger partial charge on any atom is -0.277 e. The van der Waals surface area contributed by atoms with E-state index in [1.54, 1.807) is 0 Å². The molecule has 2 rings (SSSR count). The van der Waals surface area contributed by atoms with Crippen molar-refractivity contribution in [3.63, 3.8) is 0 Å². The molecule has 0 aliphatic carbocycles. The van der Waals surface area contributed by atoms with E-state index in [0.717, 1.165) is 4.52 Å². The van der Waals surface area contributed by atoms with Gasteiger partial charge >= 0.3 is 11.2 Å². The number of aromatic nitrogens is 4. The molecule has 8 heteroatoms. The summed E-state index contributed by atoms with van der Waals surface area (Å²) >= 11 is 0. The first-order chi connectivity index (χ1) is 7.65. The molecule has 0 radical (unpaired) electrons. The number of nitrogens with one attached hydrogen (secondary N) is 1. The Balaban J connectivity index is 2.81. The number of fused-ring (bicyclic) bond motifs is 1. The van der Waals surface area contributed by atoms with Crippen LogP contribution in [0, 0.1) is 10.1 Å². The molecule has 0 fully saturated rings. The smallest absolute Gasteiger partial charge is 0.277 e. The van der Waals surface area contributed by atoms with Crippen LogP contribution in [0.15, 0.2) is 11.1 Å². The van der Waals surface area contributed by atoms with Gasteiger partial charge in [0.25, 0.3) is 5.78 Å². The van der Waals surface area contributed by atoms with E-state index < -0.39 is 16.2 Å². The quantitative estimate of drug-likeness (QED) is 0.594. The van der Waals surface area contributed by atoms with Crippen molar-refractivity contribution < 1.29 is 4.92 Å². The van der Waals surface area contributed by atoms with Gasteiger partial charge in [0.15, 0.2) is 0 Å². The molecule has 0 unspecified atom stereocenters. The third-order valence-electron chi connectivity index (χ3n) is 2.15. The normalized spacial score (nSPS) is 10.8. The van der Waals surface area contributed by atoms with Crippen molar-refractivity contribution in [2.45, 2.75) is 19.8 Å². The van der Waals surface area contributed by atoms with Crippen molar-refractivity contribution in [1.29, 1.82) is 0 Å². The highest BCUT2D eigenvalue weighted by Gasteiger charge is 2.23. The van der Waals surface area contributed by atoms with Crippen LogP contribution in [0.2, 0.25) is 0 Å². The zero-order chi connectivity index (χ0) is 11.7. The van der Waals surface area contributed by atoms with E-state index in [-0.39, 0.29) is 11.5 Å². The van der Waals surface area contributed by atoms with Gasteiger partial charge in [-0.2, -0.15) is 4.52 Å². The maximum Gasteiger partial charge on any atom is 0.357 e. The SMILES string of the molecule is CCCc1nc2nc[nH]n2c(=O)c1[N+](=O)[O-]. The Morgan fingerprint density at radius 3 is 3.00 bits per heavy atom. The third kappa shape index (κ3) is 1.44. The Bertz CT molecular complexity index is 599. The summed E-state index contributed by atoms with van der Waals surface area (Å²) in [6.45, 7) is 1.86. The minimum absolute atomic E-state index is 0.152. The predicted molar refractivity (Wildman–Crippen MR) is 54.3 cm³/mol. The van der Waals surface area contributed by atoms with Crippen molar-refractivity contribution in [3.05, 3.63) is 32.5 Å². The summed E-state index contributed by atoms with van der Waals surface area (Å²) < 4.78 is 0.956. The number of H-pyrrole nitrogens is 1. The van der Waals surface area contributed by atoms with E-state index in [1.807, 2.05) is 6.92 Å². The topological polar surface area (TPSA) is 106 Å². The summed E-state index contributed by atoms with van der Waals surface area (Å²) in [4.78, 5) is 29.6.